The molecule has 3 aromatic rings. The van der Waals surface area contributed by atoms with Crippen LogP contribution in [0.3, 0.4) is 0 Å². The Hall–Kier alpha value is -3.49. The molecular weight excluding hydrogens is 462 g/mol. The summed E-state index contributed by atoms with van der Waals surface area (Å²) >= 11 is 0. The van der Waals surface area contributed by atoms with Gasteiger partial charge in [-0.2, -0.15) is 4.31 Å². The minimum atomic E-state index is -3.66. The van der Waals surface area contributed by atoms with Gasteiger partial charge in [0.1, 0.15) is 0 Å². The average molecular weight is 492 g/mol. The zero-order valence-electron chi connectivity index (χ0n) is 19.8. The van der Waals surface area contributed by atoms with Gasteiger partial charge in [-0.05, 0) is 62.1 Å². The molecule has 8 heteroatoms. The van der Waals surface area contributed by atoms with Gasteiger partial charge in [0.2, 0.25) is 10.0 Å². The Balaban J connectivity index is 1.55. The molecule has 0 spiro atoms. The number of amides is 2. The Bertz CT molecular complexity index is 1330. The summed E-state index contributed by atoms with van der Waals surface area (Å²) in [4.78, 5) is 26.3. The topological polar surface area (TPSA) is 95.6 Å². The molecule has 7 nitrogen and oxygen atoms in total. The van der Waals surface area contributed by atoms with Crippen LogP contribution in [-0.2, 0) is 10.0 Å². The number of carbonyl (C=O) groups excluding carboxylic acids is 2. The molecule has 1 heterocycles. The third-order valence-electron chi connectivity index (χ3n) is 6.22. The maximum atomic E-state index is 13.2. The van der Waals surface area contributed by atoms with Crippen molar-refractivity contribution < 1.29 is 18.0 Å². The van der Waals surface area contributed by atoms with E-state index < -0.39 is 15.9 Å². The van der Waals surface area contributed by atoms with Crippen LogP contribution in [0.2, 0.25) is 0 Å². The Morgan fingerprint density at radius 2 is 1.51 bits per heavy atom. The molecule has 1 aliphatic rings. The highest BCUT2D eigenvalue weighted by atomic mass is 32.2. The van der Waals surface area contributed by atoms with E-state index in [1.165, 1.54) is 16.4 Å². The van der Waals surface area contributed by atoms with Crippen molar-refractivity contribution in [3.63, 3.8) is 0 Å². The minimum Gasteiger partial charge on any atom is -0.345 e. The second-order valence-electron chi connectivity index (χ2n) is 8.69. The van der Waals surface area contributed by atoms with Crippen LogP contribution in [0.25, 0.3) is 0 Å². The van der Waals surface area contributed by atoms with E-state index in [2.05, 4.69) is 10.6 Å². The van der Waals surface area contributed by atoms with Crippen LogP contribution in [0.15, 0.2) is 77.7 Å². The van der Waals surface area contributed by atoms with E-state index in [1.54, 1.807) is 37.3 Å². The molecule has 0 aromatic heterocycles. The van der Waals surface area contributed by atoms with Gasteiger partial charge < -0.3 is 10.6 Å². The second kappa shape index (κ2) is 10.4. The molecule has 0 saturated carbocycles. The van der Waals surface area contributed by atoms with Crippen LogP contribution in [0, 0.1) is 6.92 Å². The van der Waals surface area contributed by atoms with Crippen LogP contribution in [0.4, 0.5) is 5.69 Å². The molecular formula is C27H29N3O4S. The van der Waals surface area contributed by atoms with E-state index in [9.17, 15) is 18.0 Å². The van der Waals surface area contributed by atoms with Crippen molar-refractivity contribution in [3.05, 3.63) is 95.1 Å². The summed E-state index contributed by atoms with van der Waals surface area (Å²) in [5.41, 5.74) is 2.53. The van der Waals surface area contributed by atoms with Crippen LogP contribution >= 0.6 is 0 Å². The molecule has 0 radical (unpaired) electrons. The Kier molecular flexibility index (Phi) is 7.33. The first-order valence-corrected chi connectivity index (χ1v) is 13.1. The first-order valence-electron chi connectivity index (χ1n) is 11.6. The van der Waals surface area contributed by atoms with Crippen molar-refractivity contribution in [2.75, 3.05) is 18.4 Å². The molecule has 1 fully saturated rings. The van der Waals surface area contributed by atoms with Crippen LogP contribution < -0.4 is 10.6 Å². The summed E-state index contributed by atoms with van der Waals surface area (Å²) in [5.74, 6) is -0.795. The summed E-state index contributed by atoms with van der Waals surface area (Å²) in [6.07, 6.45) is 1.67. The number of para-hydroxylation sites is 1. The number of hydrogen-bond donors (Lipinski definition) is 2. The van der Waals surface area contributed by atoms with Crippen molar-refractivity contribution in [2.45, 2.75) is 37.6 Å². The molecule has 2 N–H and O–H groups in total. The van der Waals surface area contributed by atoms with Crippen molar-refractivity contribution in [2.24, 2.45) is 0 Å². The van der Waals surface area contributed by atoms with Gasteiger partial charge in [0.15, 0.2) is 0 Å². The third-order valence-corrected chi connectivity index (χ3v) is 8.12. The maximum Gasteiger partial charge on any atom is 0.255 e. The van der Waals surface area contributed by atoms with E-state index in [-0.39, 0.29) is 22.4 Å². The standard InChI is InChI=1S/C27H29N3O4S/c1-19-14-15-22(35(33,34)30-16-8-9-17-30)18-24(19)27(32)29-25-13-7-6-12-23(25)26(31)28-20(2)21-10-4-3-5-11-21/h3-7,10-15,18,20H,8-9,16-17H2,1-2H3,(H,28,31)(H,29,32)/t20-/m0/s1. The van der Waals surface area contributed by atoms with Crippen molar-refractivity contribution >= 4 is 27.5 Å². The first-order chi connectivity index (χ1) is 16.8. The molecule has 4 rings (SSSR count). The van der Waals surface area contributed by atoms with Crippen molar-refractivity contribution in [1.29, 1.82) is 0 Å². The molecule has 1 atom stereocenters. The average Bonchev–Trinajstić information content (AvgIpc) is 3.41. The van der Waals surface area contributed by atoms with Gasteiger partial charge in [-0.3, -0.25) is 9.59 Å². The molecule has 1 aliphatic heterocycles. The van der Waals surface area contributed by atoms with Gasteiger partial charge in [-0.1, -0.05) is 48.5 Å². The molecule has 0 aliphatic carbocycles. The lowest BCUT2D eigenvalue weighted by Gasteiger charge is -2.18. The SMILES string of the molecule is Cc1ccc(S(=O)(=O)N2CCCC2)cc1C(=O)Nc1ccccc1C(=O)N[C@@H](C)c1ccccc1. The van der Waals surface area contributed by atoms with Crippen molar-refractivity contribution in [3.8, 4) is 0 Å². The molecule has 35 heavy (non-hydrogen) atoms. The zero-order valence-corrected chi connectivity index (χ0v) is 20.6. The highest BCUT2D eigenvalue weighted by Crippen LogP contribution is 2.24. The van der Waals surface area contributed by atoms with E-state index in [0.29, 0.717) is 29.9 Å². The van der Waals surface area contributed by atoms with E-state index in [0.717, 1.165) is 18.4 Å². The summed E-state index contributed by atoms with van der Waals surface area (Å²) in [5, 5.41) is 5.76. The highest BCUT2D eigenvalue weighted by molar-refractivity contribution is 7.89. The Morgan fingerprint density at radius 1 is 0.857 bits per heavy atom. The number of sulfonamides is 1. The van der Waals surface area contributed by atoms with Gasteiger partial charge >= 0.3 is 0 Å². The Labute approximate surface area is 206 Å². The van der Waals surface area contributed by atoms with Crippen molar-refractivity contribution in [1.82, 2.24) is 9.62 Å². The number of rotatable bonds is 7. The number of benzene rings is 3. The van der Waals surface area contributed by atoms with E-state index in [4.69, 9.17) is 0 Å². The largest absolute Gasteiger partial charge is 0.345 e. The maximum absolute atomic E-state index is 13.2. The fraction of sp³-hybridized carbons (Fsp3) is 0.259. The molecule has 182 valence electrons. The monoisotopic (exact) mass is 491 g/mol. The number of nitrogens with zero attached hydrogens (tertiary/aromatic N) is 1. The fourth-order valence-corrected chi connectivity index (χ4v) is 5.71. The van der Waals surface area contributed by atoms with Crippen LogP contribution in [-0.4, -0.2) is 37.6 Å². The fourth-order valence-electron chi connectivity index (χ4n) is 4.16. The summed E-state index contributed by atoms with van der Waals surface area (Å²) < 4.78 is 27.4. The van der Waals surface area contributed by atoms with E-state index >= 15 is 0 Å². The molecule has 1 saturated heterocycles. The number of anilines is 1. The Morgan fingerprint density at radius 3 is 2.23 bits per heavy atom. The normalized spacial score (nSPS) is 14.9. The lowest BCUT2D eigenvalue weighted by Crippen LogP contribution is -2.28. The number of nitrogens with one attached hydrogen (secondary N) is 2. The molecule has 0 unspecified atom stereocenters. The third kappa shape index (κ3) is 5.44. The molecule has 0 bridgehead atoms. The predicted octanol–water partition coefficient (Wildman–Crippen LogP) is 4.52. The summed E-state index contributed by atoms with van der Waals surface area (Å²) in [7, 11) is -3.66. The highest BCUT2D eigenvalue weighted by Gasteiger charge is 2.28. The molecule has 2 amide bonds. The lowest BCUT2D eigenvalue weighted by molar-refractivity contribution is 0.0940. The predicted molar refractivity (Wildman–Crippen MR) is 136 cm³/mol. The van der Waals surface area contributed by atoms with Gasteiger partial charge in [-0.15, -0.1) is 0 Å². The quantitative estimate of drug-likeness (QED) is 0.508. The second-order valence-corrected chi connectivity index (χ2v) is 10.6. The minimum absolute atomic E-state index is 0.0952. The number of carbonyl (C=O) groups is 2. The van der Waals surface area contributed by atoms with E-state index in [1.807, 2.05) is 37.3 Å². The smallest absolute Gasteiger partial charge is 0.255 e. The lowest BCUT2D eigenvalue weighted by atomic mass is 10.1. The van der Waals surface area contributed by atoms with Gasteiger partial charge in [-0.25, -0.2) is 8.42 Å². The van der Waals surface area contributed by atoms with Gasteiger partial charge in [0, 0.05) is 18.7 Å². The number of hydrogen-bond acceptors (Lipinski definition) is 4. The summed E-state index contributed by atoms with van der Waals surface area (Å²) in [6, 6.07) is 20.7. The van der Waals surface area contributed by atoms with Gasteiger partial charge in [0.05, 0.1) is 22.2 Å². The summed E-state index contributed by atoms with van der Waals surface area (Å²) in [6.45, 7) is 4.62. The van der Waals surface area contributed by atoms with Crippen LogP contribution in [0.1, 0.15) is 57.7 Å². The zero-order chi connectivity index (χ0) is 25.0. The molecule has 3 aromatic carbocycles. The number of aryl methyl sites for hydroxylation is 1. The van der Waals surface area contributed by atoms with Gasteiger partial charge in [0.25, 0.3) is 11.8 Å². The first kappa shape index (κ1) is 24.6. The van der Waals surface area contributed by atoms with Crippen LogP contribution in [0.5, 0.6) is 0 Å².